The van der Waals surface area contributed by atoms with Gasteiger partial charge in [-0.1, -0.05) is 25.0 Å². The molecule has 0 spiro atoms. The van der Waals surface area contributed by atoms with Gasteiger partial charge in [0, 0.05) is 30.9 Å². The Bertz CT molecular complexity index is 898. The van der Waals surface area contributed by atoms with Crippen molar-refractivity contribution in [3.63, 3.8) is 0 Å². The van der Waals surface area contributed by atoms with Gasteiger partial charge in [0.2, 0.25) is 5.91 Å². The summed E-state index contributed by atoms with van der Waals surface area (Å²) in [6.45, 7) is 1.24. The second-order valence-corrected chi connectivity index (χ2v) is 8.07. The average Bonchev–Trinajstić information content (AvgIpc) is 3.36. The number of fused-ring (bicyclic) bond motifs is 1. The van der Waals surface area contributed by atoms with Crippen LogP contribution in [0, 0.1) is 5.92 Å². The minimum atomic E-state index is -0.281. The third-order valence-corrected chi connectivity index (χ3v) is 5.90. The molecule has 0 aromatic heterocycles. The van der Waals surface area contributed by atoms with E-state index in [0.717, 1.165) is 23.8 Å². The Morgan fingerprint density at radius 3 is 2.13 bits per heavy atom. The van der Waals surface area contributed by atoms with E-state index in [4.69, 9.17) is 0 Å². The van der Waals surface area contributed by atoms with Crippen LogP contribution < -0.4 is 10.6 Å². The predicted molar refractivity (Wildman–Crippen MR) is 117 cm³/mol. The third-order valence-electron chi connectivity index (χ3n) is 5.90. The van der Waals surface area contributed by atoms with Crippen LogP contribution in [0.3, 0.4) is 0 Å². The molecule has 0 radical (unpaired) electrons. The zero-order valence-electron chi connectivity index (χ0n) is 17.0. The van der Waals surface area contributed by atoms with E-state index < -0.39 is 0 Å². The molecule has 6 heteroatoms. The highest BCUT2D eigenvalue weighted by molar-refractivity contribution is 6.21. The monoisotopic (exact) mass is 405 g/mol. The largest absolute Gasteiger partial charge is 0.385 e. The van der Waals surface area contributed by atoms with Gasteiger partial charge in [-0.15, -0.1) is 0 Å². The first-order valence-corrected chi connectivity index (χ1v) is 10.7. The van der Waals surface area contributed by atoms with Crippen LogP contribution in [-0.4, -0.2) is 35.7 Å². The molecule has 2 aromatic carbocycles. The Morgan fingerprint density at radius 1 is 0.900 bits per heavy atom. The second kappa shape index (κ2) is 9.11. The summed E-state index contributed by atoms with van der Waals surface area (Å²) >= 11 is 0. The zero-order chi connectivity index (χ0) is 20.9. The number of hydrogen-bond donors (Lipinski definition) is 2. The van der Waals surface area contributed by atoms with E-state index in [1.807, 2.05) is 24.3 Å². The molecule has 1 saturated carbocycles. The minimum absolute atomic E-state index is 0.127. The molecular formula is C24H27N3O3. The van der Waals surface area contributed by atoms with Crippen LogP contribution in [0.15, 0.2) is 48.5 Å². The molecule has 2 aliphatic rings. The predicted octanol–water partition coefficient (Wildman–Crippen LogP) is 4.30. The summed E-state index contributed by atoms with van der Waals surface area (Å²) in [5, 5.41) is 6.34. The summed E-state index contributed by atoms with van der Waals surface area (Å²) in [5.41, 5.74) is 2.68. The molecule has 1 aliphatic heterocycles. The van der Waals surface area contributed by atoms with E-state index in [2.05, 4.69) is 10.6 Å². The first-order valence-electron chi connectivity index (χ1n) is 10.7. The number of imide groups is 1. The fraction of sp³-hybridized carbons (Fsp3) is 0.375. The fourth-order valence-corrected chi connectivity index (χ4v) is 4.21. The Labute approximate surface area is 176 Å². The fourth-order valence-electron chi connectivity index (χ4n) is 4.21. The van der Waals surface area contributed by atoms with Crippen LogP contribution in [0.5, 0.6) is 0 Å². The first kappa shape index (κ1) is 20.1. The number of nitrogens with zero attached hydrogens (tertiary/aromatic N) is 1. The molecule has 0 bridgehead atoms. The number of benzene rings is 2. The van der Waals surface area contributed by atoms with Gasteiger partial charge in [-0.2, -0.15) is 0 Å². The van der Waals surface area contributed by atoms with Gasteiger partial charge < -0.3 is 10.6 Å². The maximum Gasteiger partial charge on any atom is 0.261 e. The molecule has 0 atom stereocenters. The van der Waals surface area contributed by atoms with Crippen molar-refractivity contribution in [3.8, 4) is 0 Å². The van der Waals surface area contributed by atoms with Crippen LogP contribution in [0.2, 0.25) is 0 Å². The Morgan fingerprint density at radius 2 is 1.50 bits per heavy atom. The summed E-state index contributed by atoms with van der Waals surface area (Å²) in [5.74, 6) is 0.0817. The number of carbonyl (C=O) groups is 3. The highest BCUT2D eigenvalue weighted by Gasteiger charge is 2.34. The third kappa shape index (κ3) is 4.53. The maximum absolute atomic E-state index is 12.3. The smallest absolute Gasteiger partial charge is 0.261 e. The lowest BCUT2D eigenvalue weighted by Gasteiger charge is -2.14. The molecule has 2 aromatic rings. The van der Waals surface area contributed by atoms with Crippen LogP contribution in [0.1, 0.15) is 59.2 Å². The van der Waals surface area contributed by atoms with Gasteiger partial charge in [-0.25, -0.2) is 0 Å². The van der Waals surface area contributed by atoms with Gasteiger partial charge in [0.05, 0.1) is 11.1 Å². The molecule has 1 aliphatic carbocycles. The number of amides is 3. The molecule has 1 heterocycles. The summed E-state index contributed by atoms with van der Waals surface area (Å²) in [4.78, 5) is 38.1. The van der Waals surface area contributed by atoms with Crippen molar-refractivity contribution >= 4 is 29.1 Å². The summed E-state index contributed by atoms with van der Waals surface area (Å²) < 4.78 is 0. The number of anilines is 2. The summed E-state index contributed by atoms with van der Waals surface area (Å²) in [6.07, 6.45) is 5.96. The lowest BCUT2D eigenvalue weighted by molar-refractivity contribution is -0.116. The Hall–Kier alpha value is -3.15. The maximum atomic E-state index is 12.3. The molecule has 156 valence electrons. The molecule has 4 rings (SSSR count). The van der Waals surface area contributed by atoms with Gasteiger partial charge in [-0.05, 0) is 61.6 Å². The highest BCUT2D eigenvalue weighted by Crippen LogP contribution is 2.25. The topological polar surface area (TPSA) is 78.5 Å². The SMILES string of the molecule is O=C(CCCN1C(=O)c2ccccc2C1=O)Nc1ccc(NCC2CCCC2)cc1. The standard InChI is InChI=1S/C24H27N3O3/c28-22(10-5-15-27-23(29)20-8-3-4-9-21(20)24(27)30)26-19-13-11-18(12-14-19)25-16-17-6-1-2-7-17/h3-4,8-9,11-14,17,25H,1-2,5-7,10,15-16H2,(H,26,28). The number of rotatable bonds is 8. The zero-order valence-corrected chi connectivity index (χ0v) is 17.0. The van der Waals surface area contributed by atoms with Crippen molar-refractivity contribution < 1.29 is 14.4 Å². The lowest BCUT2D eigenvalue weighted by Crippen LogP contribution is -2.31. The average molecular weight is 405 g/mol. The summed E-state index contributed by atoms with van der Waals surface area (Å²) in [7, 11) is 0. The quantitative estimate of drug-likeness (QED) is 0.642. The number of nitrogens with one attached hydrogen (secondary N) is 2. The van der Waals surface area contributed by atoms with Gasteiger partial charge in [0.25, 0.3) is 11.8 Å². The van der Waals surface area contributed by atoms with Crippen molar-refractivity contribution in [1.29, 1.82) is 0 Å². The highest BCUT2D eigenvalue weighted by atomic mass is 16.2. The van der Waals surface area contributed by atoms with Crippen molar-refractivity contribution in [2.45, 2.75) is 38.5 Å². The van der Waals surface area contributed by atoms with Gasteiger partial charge in [-0.3, -0.25) is 19.3 Å². The van der Waals surface area contributed by atoms with Gasteiger partial charge in [0.1, 0.15) is 0 Å². The molecular weight excluding hydrogens is 378 g/mol. The summed E-state index contributed by atoms with van der Waals surface area (Å²) in [6, 6.07) is 14.5. The van der Waals surface area contributed by atoms with E-state index in [1.54, 1.807) is 24.3 Å². The van der Waals surface area contributed by atoms with Gasteiger partial charge >= 0.3 is 0 Å². The van der Waals surface area contributed by atoms with E-state index in [-0.39, 0.29) is 30.7 Å². The van der Waals surface area contributed by atoms with E-state index >= 15 is 0 Å². The van der Waals surface area contributed by atoms with Gasteiger partial charge in [0.15, 0.2) is 0 Å². The van der Waals surface area contributed by atoms with Crippen LogP contribution in [0.25, 0.3) is 0 Å². The molecule has 2 N–H and O–H groups in total. The normalized spacial score (nSPS) is 16.1. The lowest BCUT2D eigenvalue weighted by atomic mass is 10.1. The van der Waals surface area contributed by atoms with Crippen LogP contribution >= 0.6 is 0 Å². The van der Waals surface area contributed by atoms with Crippen molar-refractivity contribution in [2.75, 3.05) is 23.7 Å². The van der Waals surface area contributed by atoms with Crippen molar-refractivity contribution in [1.82, 2.24) is 4.90 Å². The Balaban J connectivity index is 1.20. The number of hydrogen-bond acceptors (Lipinski definition) is 4. The van der Waals surface area contributed by atoms with Crippen molar-refractivity contribution in [3.05, 3.63) is 59.7 Å². The molecule has 3 amide bonds. The van der Waals surface area contributed by atoms with E-state index in [9.17, 15) is 14.4 Å². The molecule has 6 nitrogen and oxygen atoms in total. The Kier molecular flexibility index (Phi) is 6.12. The van der Waals surface area contributed by atoms with E-state index in [0.29, 0.717) is 17.5 Å². The second-order valence-electron chi connectivity index (χ2n) is 8.07. The van der Waals surface area contributed by atoms with Crippen molar-refractivity contribution in [2.24, 2.45) is 5.92 Å². The van der Waals surface area contributed by atoms with E-state index in [1.165, 1.54) is 30.6 Å². The van der Waals surface area contributed by atoms with Crippen LogP contribution in [-0.2, 0) is 4.79 Å². The molecule has 0 saturated heterocycles. The molecule has 1 fully saturated rings. The first-order chi connectivity index (χ1) is 14.6. The molecule has 30 heavy (non-hydrogen) atoms. The number of carbonyl (C=O) groups excluding carboxylic acids is 3. The minimum Gasteiger partial charge on any atom is -0.385 e. The molecule has 0 unspecified atom stereocenters. The van der Waals surface area contributed by atoms with Crippen LogP contribution in [0.4, 0.5) is 11.4 Å².